The molecular formula is C48H52N2O4. The normalized spacial score (nSPS) is 17.6. The van der Waals surface area contributed by atoms with Gasteiger partial charge in [0.15, 0.2) is 0 Å². The van der Waals surface area contributed by atoms with Gasteiger partial charge in [-0.15, -0.1) is 0 Å². The van der Waals surface area contributed by atoms with E-state index < -0.39 is 5.97 Å². The first-order valence-corrected chi connectivity index (χ1v) is 19.6. The van der Waals surface area contributed by atoms with E-state index in [-0.39, 0.29) is 11.8 Å². The third kappa shape index (κ3) is 11.3. The molecule has 0 aromatic heterocycles. The number of allylic oxidation sites excluding steroid dienone is 6. The first-order chi connectivity index (χ1) is 26.4. The molecule has 1 N–H and O–H groups in total. The molecule has 0 spiro atoms. The summed E-state index contributed by atoms with van der Waals surface area (Å²) in [6.07, 6.45) is 28.8. The van der Waals surface area contributed by atoms with E-state index in [0.29, 0.717) is 0 Å². The highest BCUT2D eigenvalue weighted by atomic mass is 16.4. The molecule has 5 aliphatic rings. The maximum atomic E-state index is 12.1. The van der Waals surface area contributed by atoms with Crippen LogP contribution in [0.1, 0.15) is 84.7 Å². The Balaban J connectivity index is 0.000000140. The van der Waals surface area contributed by atoms with Crippen molar-refractivity contribution in [2.45, 2.75) is 70.6 Å². The fourth-order valence-electron chi connectivity index (χ4n) is 7.55. The molecule has 54 heavy (non-hydrogen) atoms. The van der Waals surface area contributed by atoms with Crippen molar-refractivity contribution in [3.63, 3.8) is 0 Å². The molecule has 6 heteroatoms. The minimum atomic E-state index is -0.894. The zero-order valence-corrected chi connectivity index (χ0v) is 31.3. The van der Waals surface area contributed by atoms with Gasteiger partial charge in [-0.2, -0.15) is 0 Å². The highest BCUT2D eigenvalue weighted by molar-refractivity contribution is 5.89. The Bertz CT molecular complexity index is 1980. The first-order valence-electron chi connectivity index (χ1n) is 19.6. The van der Waals surface area contributed by atoms with E-state index in [9.17, 15) is 14.4 Å². The summed E-state index contributed by atoms with van der Waals surface area (Å²) in [6, 6.07) is 25.2. The van der Waals surface area contributed by atoms with Gasteiger partial charge in [-0.1, -0.05) is 109 Å². The van der Waals surface area contributed by atoms with Gasteiger partial charge in [0.1, 0.15) is 0 Å². The van der Waals surface area contributed by atoms with Crippen LogP contribution in [-0.4, -0.2) is 58.9 Å². The summed E-state index contributed by atoms with van der Waals surface area (Å²) < 4.78 is 0. The summed E-state index contributed by atoms with van der Waals surface area (Å²) >= 11 is 0. The Morgan fingerprint density at radius 3 is 1.15 bits per heavy atom. The van der Waals surface area contributed by atoms with Gasteiger partial charge in [-0.25, -0.2) is 4.79 Å². The lowest BCUT2D eigenvalue weighted by Crippen LogP contribution is -2.34. The van der Waals surface area contributed by atoms with Crippen LogP contribution in [0.3, 0.4) is 0 Å². The topological polar surface area (TPSA) is 77.9 Å². The molecule has 2 aliphatic heterocycles. The number of benzene rings is 3. The summed E-state index contributed by atoms with van der Waals surface area (Å²) in [7, 11) is 0. The quantitative estimate of drug-likeness (QED) is 0.258. The smallest absolute Gasteiger partial charge is 0.328 e. The standard InChI is InChI=1S/C18H21NO.C17H19NO.C13H12O2/c20-18(19-12-4-1-5-13-19)11-9-15-8-10-16-6-2-3-7-17(16)14-15;19-17(18-11-3-4-12-18)10-8-14-7-9-15-5-1-2-6-16(15)13-14;14-13(15)8-6-10-5-7-11-3-1-2-4-12(11)9-10/h2-3,6-7,9,11,14H,1,4-5,8,10,12-13H2;1-2,5-6,8,10,13H,3-4,7,9,11-12H2;1-4,6,8-9H,5,7H2,(H,14,15). The molecule has 278 valence electrons. The number of carboxylic acids is 1. The number of aliphatic carboxylic acids is 1. The van der Waals surface area contributed by atoms with Gasteiger partial charge in [-0.3, -0.25) is 9.59 Å². The molecule has 3 aliphatic carbocycles. The number of carbonyl (C=O) groups excluding carboxylic acids is 2. The van der Waals surface area contributed by atoms with Crippen LogP contribution in [0.25, 0.3) is 18.2 Å². The Labute approximate surface area is 320 Å². The number of aryl methyl sites for hydroxylation is 3. The number of piperidine rings is 1. The Morgan fingerprint density at radius 1 is 0.444 bits per heavy atom. The maximum Gasteiger partial charge on any atom is 0.328 e. The van der Waals surface area contributed by atoms with Crippen LogP contribution in [0.15, 0.2) is 126 Å². The second kappa shape index (κ2) is 19.5. The summed E-state index contributed by atoms with van der Waals surface area (Å²) in [5, 5.41) is 8.53. The summed E-state index contributed by atoms with van der Waals surface area (Å²) in [4.78, 5) is 38.3. The SMILES string of the molecule is O=C(C=CC1=Cc2ccccc2CC1)N1CCCC1.O=C(C=CC1=Cc2ccccc2CC1)N1CCCCC1.O=C(O)C=CC1=Cc2ccccc2CC1. The molecule has 2 amide bonds. The summed E-state index contributed by atoms with van der Waals surface area (Å²) in [6.45, 7) is 3.69. The average Bonchev–Trinajstić information content (AvgIpc) is 3.77. The molecule has 3 aromatic carbocycles. The van der Waals surface area contributed by atoms with Crippen molar-refractivity contribution in [1.82, 2.24) is 9.80 Å². The second-order valence-corrected chi connectivity index (χ2v) is 14.5. The second-order valence-electron chi connectivity index (χ2n) is 14.5. The van der Waals surface area contributed by atoms with E-state index >= 15 is 0 Å². The summed E-state index contributed by atoms with van der Waals surface area (Å²) in [5.74, 6) is -0.559. The average molecular weight is 721 g/mol. The number of carbonyl (C=O) groups is 3. The van der Waals surface area contributed by atoms with E-state index in [1.54, 1.807) is 18.2 Å². The summed E-state index contributed by atoms with van der Waals surface area (Å²) in [5.41, 5.74) is 11.5. The van der Waals surface area contributed by atoms with Gasteiger partial charge in [0.05, 0.1) is 0 Å². The van der Waals surface area contributed by atoms with Crippen LogP contribution in [0.4, 0.5) is 0 Å². The van der Waals surface area contributed by atoms with Crippen LogP contribution < -0.4 is 0 Å². The largest absolute Gasteiger partial charge is 0.478 e. The zero-order valence-electron chi connectivity index (χ0n) is 31.3. The number of nitrogens with zero attached hydrogens (tertiary/aromatic N) is 2. The van der Waals surface area contributed by atoms with E-state index in [1.165, 1.54) is 57.0 Å². The van der Waals surface area contributed by atoms with Crippen LogP contribution in [0.5, 0.6) is 0 Å². The van der Waals surface area contributed by atoms with Crippen LogP contribution in [0, 0.1) is 0 Å². The van der Waals surface area contributed by atoms with Crippen molar-refractivity contribution in [3.05, 3.63) is 159 Å². The van der Waals surface area contributed by atoms with E-state index in [0.717, 1.165) is 96.0 Å². The maximum absolute atomic E-state index is 12.1. The zero-order chi connectivity index (χ0) is 37.5. The molecule has 0 radical (unpaired) electrons. The Kier molecular flexibility index (Phi) is 13.8. The van der Waals surface area contributed by atoms with Crippen LogP contribution in [0.2, 0.25) is 0 Å². The van der Waals surface area contributed by atoms with E-state index in [4.69, 9.17) is 5.11 Å². The number of amides is 2. The van der Waals surface area contributed by atoms with Gasteiger partial charge >= 0.3 is 5.97 Å². The highest BCUT2D eigenvalue weighted by Gasteiger charge is 2.16. The molecule has 6 nitrogen and oxygen atoms in total. The molecule has 0 bridgehead atoms. The molecule has 2 saturated heterocycles. The number of hydrogen-bond donors (Lipinski definition) is 1. The molecular weight excluding hydrogens is 669 g/mol. The third-order valence-electron chi connectivity index (χ3n) is 10.6. The predicted molar refractivity (Wildman–Crippen MR) is 220 cm³/mol. The number of hydrogen-bond acceptors (Lipinski definition) is 3. The molecule has 0 atom stereocenters. The van der Waals surface area contributed by atoms with Gasteiger partial charge in [0, 0.05) is 44.4 Å². The first kappa shape index (κ1) is 38.2. The lowest BCUT2D eigenvalue weighted by Gasteiger charge is -2.25. The van der Waals surface area contributed by atoms with Crippen LogP contribution in [-0.2, 0) is 33.6 Å². The van der Waals surface area contributed by atoms with Crippen molar-refractivity contribution in [2.75, 3.05) is 26.2 Å². The molecule has 2 fully saturated rings. The van der Waals surface area contributed by atoms with E-state index in [1.807, 2.05) is 34.1 Å². The lowest BCUT2D eigenvalue weighted by atomic mass is 9.92. The Hall–Kier alpha value is -5.49. The van der Waals surface area contributed by atoms with Crippen molar-refractivity contribution in [2.24, 2.45) is 0 Å². The van der Waals surface area contributed by atoms with Gasteiger partial charge < -0.3 is 14.9 Å². The fourth-order valence-corrected chi connectivity index (χ4v) is 7.55. The number of likely N-dealkylation sites (tertiary alicyclic amines) is 2. The molecule has 0 saturated carbocycles. The predicted octanol–water partition coefficient (Wildman–Crippen LogP) is 9.44. The van der Waals surface area contributed by atoms with Crippen LogP contribution >= 0.6 is 0 Å². The molecule has 8 rings (SSSR count). The van der Waals surface area contributed by atoms with Crippen molar-refractivity contribution < 1.29 is 19.5 Å². The Morgan fingerprint density at radius 2 is 0.778 bits per heavy atom. The molecule has 0 unspecified atom stereocenters. The van der Waals surface area contributed by atoms with Gasteiger partial charge in [-0.05, 0) is 121 Å². The van der Waals surface area contributed by atoms with Gasteiger partial charge in [0.25, 0.3) is 0 Å². The monoisotopic (exact) mass is 720 g/mol. The van der Waals surface area contributed by atoms with Gasteiger partial charge in [0.2, 0.25) is 11.8 Å². The number of fused-ring (bicyclic) bond motifs is 3. The number of carboxylic acid groups (broad SMARTS) is 1. The molecule has 2 heterocycles. The van der Waals surface area contributed by atoms with E-state index in [2.05, 4.69) is 78.9 Å². The van der Waals surface area contributed by atoms with Crippen molar-refractivity contribution in [3.8, 4) is 0 Å². The van der Waals surface area contributed by atoms with Crippen molar-refractivity contribution >= 4 is 36.0 Å². The number of rotatable bonds is 6. The minimum absolute atomic E-state index is 0.164. The molecule has 3 aromatic rings. The lowest BCUT2D eigenvalue weighted by molar-refractivity contribution is -0.131. The third-order valence-corrected chi connectivity index (χ3v) is 10.6. The minimum Gasteiger partial charge on any atom is -0.478 e. The van der Waals surface area contributed by atoms with Crippen molar-refractivity contribution in [1.29, 1.82) is 0 Å². The fraction of sp³-hybridized carbons (Fsp3) is 0.312. The highest BCUT2D eigenvalue weighted by Crippen LogP contribution is 2.26.